The van der Waals surface area contributed by atoms with Gasteiger partial charge in [0.2, 0.25) is 10.0 Å². The molecule has 4 rings (SSSR count). The van der Waals surface area contributed by atoms with Crippen molar-refractivity contribution in [2.24, 2.45) is 0 Å². The SMILES string of the molecule is Cc1ccc(CN(c2ccc(OCC(=O)N3CCN(Cc4ccccc4)CC3)cc2)S(C)(=O)=O)cc1. The van der Waals surface area contributed by atoms with E-state index < -0.39 is 10.0 Å². The molecule has 0 spiro atoms. The largest absolute Gasteiger partial charge is 0.484 e. The fourth-order valence-electron chi connectivity index (χ4n) is 4.20. The average molecular weight is 508 g/mol. The van der Waals surface area contributed by atoms with Crippen LogP contribution in [-0.2, 0) is 27.9 Å². The van der Waals surface area contributed by atoms with Gasteiger partial charge in [-0.1, -0.05) is 60.2 Å². The number of ether oxygens (including phenoxy) is 1. The monoisotopic (exact) mass is 507 g/mol. The molecule has 0 unspecified atom stereocenters. The van der Waals surface area contributed by atoms with E-state index >= 15 is 0 Å². The van der Waals surface area contributed by atoms with Gasteiger partial charge < -0.3 is 9.64 Å². The molecule has 3 aromatic rings. The van der Waals surface area contributed by atoms with E-state index in [9.17, 15) is 13.2 Å². The Morgan fingerprint density at radius 3 is 2.11 bits per heavy atom. The van der Waals surface area contributed by atoms with E-state index in [-0.39, 0.29) is 19.1 Å². The molecule has 1 aliphatic heterocycles. The Kier molecular flexibility index (Phi) is 8.28. The first-order valence-electron chi connectivity index (χ1n) is 12.1. The zero-order valence-electron chi connectivity index (χ0n) is 20.8. The van der Waals surface area contributed by atoms with E-state index in [0.717, 1.165) is 30.8 Å². The molecule has 1 amide bonds. The number of nitrogens with zero attached hydrogens (tertiary/aromatic N) is 3. The van der Waals surface area contributed by atoms with Crippen molar-refractivity contribution in [3.05, 3.63) is 95.6 Å². The lowest BCUT2D eigenvalue weighted by Gasteiger charge is -2.34. The van der Waals surface area contributed by atoms with Crippen LogP contribution < -0.4 is 9.04 Å². The van der Waals surface area contributed by atoms with Crippen LogP contribution in [0.25, 0.3) is 0 Å². The fraction of sp³-hybridized carbons (Fsp3) is 0.321. The van der Waals surface area contributed by atoms with Gasteiger partial charge in [-0.3, -0.25) is 14.0 Å². The van der Waals surface area contributed by atoms with Crippen LogP contribution in [0.15, 0.2) is 78.9 Å². The van der Waals surface area contributed by atoms with Crippen molar-refractivity contribution >= 4 is 21.6 Å². The smallest absolute Gasteiger partial charge is 0.260 e. The van der Waals surface area contributed by atoms with Crippen LogP contribution in [0.4, 0.5) is 5.69 Å². The van der Waals surface area contributed by atoms with Gasteiger partial charge in [-0.2, -0.15) is 0 Å². The van der Waals surface area contributed by atoms with E-state index in [0.29, 0.717) is 24.5 Å². The number of sulfonamides is 1. The number of carbonyl (C=O) groups excluding carboxylic acids is 1. The summed E-state index contributed by atoms with van der Waals surface area (Å²) in [4.78, 5) is 16.9. The summed E-state index contributed by atoms with van der Waals surface area (Å²) in [6, 6.07) is 24.9. The van der Waals surface area contributed by atoms with Crippen molar-refractivity contribution in [2.45, 2.75) is 20.0 Å². The van der Waals surface area contributed by atoms with Gasteiger partial charge in [0.25, 0.3) is 5.91 Å². The highest BCUT2D eigenvalue weighted by Gasteiger charge is 2.22. The van der Waals surface area contributed by atoms with Crippen LogP contribution in [0.5, 0.6) is 5.75 Å². The zero-order chi connectivity index (χ0) is 25.5. The number of benzene rings is 3. The highest BCUT2D eigenvalue weighted by molar-refractivity contribution is 7.92. The van der Waals surface area contributed by atoms with Crippen LogP contribution in [0, 0.1) is 6.92 Å². The van der Waals surface area contributed by atoms with Gasteiger partial charge in [-0.05, 0) is 42.3 Å². The summed E-state index contributed by atoms with van der Waals surface area (Å²) >= 11 is 0. The number of hydrogen-bond donors (Lipinski definition) is 0. The minimum absolute atomic E-state index is 0.0445. The lowest BCUT2D eigenvalue weighted by atomic mass is 10.1. The topological polar surface area (TPSA) is 70.2 Å². The molecule has 8 heteroatoms. The molecular formula is C28H33N3O4S. The number of carbonyl (C=O) groups is 1. The quantitative estimate of drug-likeness (QED) is 0.442. The van der Waals surface area contributed by atoms with Gasteiger partial charge in [-0.25, -0.2) is 8.42 Å². The van der Waals surface area contributed by atoms with Crippen LogP contribution >= 0.6 is 0 Å². The van der Waals surface area contributed by atoms with Crippen LogP contribution in [0.1, 0.15) is 16.7 Å². The predicted octanol–water partition coefficient (Wildman–Crippen LogP) is 3.68. The van der Waals surface area contributed by atoms with Gasteiger partial charge in [0, 0.05) is 32.7 Å². The Hall–Kier alpha value is -3.36. The van der Waals surface area contributed by atoms with E-state index in [4.69, 9.17) is 4.74 Å². The summed E-state index contributed by atoms with van der Waals surface area (Å²) in [5.74, 6) is 0.481. The molecular weight excluding hydrogens is 474 g/mol. The highest BCUT2D eigenvalue weighted by Crippen LogP contribution is 2.24. The number of piperazine rings is 1. The van der Waals surface area contributed by atoms with Gasteiger partial charge in [0.05, 0.1) is 18.5 Å². The molecule has 1 aliphatic rings. The Balaban J connectivity index is 1.29. The standard InChI is InChI=1S/C28H33N3O4S/c1-23-8-10-25(11-9-23)21-31(36(2,33)34)26-12-14-27(15-13-26)35-22-28(32)30-18-16-29(17-19-30)20-24-6-4-3-5-7-24/h3-15H,16-22H2,1-2H3. The summed E-state index contributed by atoms with van der Waals surface area (Å²) in [5.41, 5.74) is 3.85. The minimum Gasteiger partial charge on any atom is -0.484 e. The summed E-state index contributed by atoms with van der Waals surface area (Å²) in [7, 11) is -3.48. The highest BCUT2D eigenvalue weighted by atomic mass is 32.2. The first-order chi connectivity index (χ1) is 17.3. The molecule has 190 valence electrons. The van der Waals surface area contributed by atoms with E-state index in [1.807, 2.05) is 54.3 Å². The van der Waals surface area contributed by atoms with Gasteiger partial charge in [0.15, 0.2) is 6.61 Å². The molecule has 1 heterocycles. The molecule has 0 radical (unpaired) electrons. The third-order valence-corrected chi connectivity index (χ3v) is 7.45. The maximum absolute atomic E-state index is 12.7. The second kappa shape index (κ2) is 11.6. The van der Waals surface area contributed by atoms with E-state index in [2.05, 4.69) is 17.0 Å². The van der Waals surface area contributed by atoms with E-state index in [1.165, 1.54) is 16.1 Å². The first-order valence-corrected chi connectivity index (χ1v) is 13.9. The van der Waals surface area contributed by atoms with E-state index in [1.54, 1.807) is 24.3 Å². The second-order valence-corrected chi connectivity index (χ2v) is 11.1. The molecule has 36 heavy (non-hydrogen) atoms. The molecule has 1 fully saturated rings. The van der Waals surface area contributed by atoms with Crippen LogP contribution in [0.3, 0.4) is 0 Å². The lowest BCUT2D eigenvalue weighted by molar-refractivity contribution is -0.135. The summed E-state index contributed by atoms with van der Waals surface area (Å²) in [5, 5.41) is 0. The summed E-state index contributed by atoms with van der Waals surface area (Å²) in [6.45, 7) is 6.10. The molecule has 0 atom stereocenters. The van der Waals surface area contributed by atoms with Gasteiger partial charge in [-0.15, -0.1) is 0 Å². The molecule has 0 aromatic heterocycles. The average Bonchev–Trinajstić information content (AvgIpc) is 2.88. The number of rotatable bonds is 9. The predicted molar refractivity (Wildman–Crippen MR) is 142 cm³/mol. The van der Waals surface area contributed by atoms with Crippen LogP contribution in [-0.4, -0.2) is 63.2 Å². The Morgan fingerprint density at radius 2 is 1.50 bits per heavy atom. The van der Waals surface area contributed by atoms with Crippen molar-refractivity contribution in [1.29, 1.82) is 0 Å². The Bertz CT molecular complexity index is 1240. The normalized spacial score (nSPS) is 14.4. The van der Waals surface area contributed by atoms with Gasteiger partial charge >= 0.3 is 0 Å². The van der Waals surface area contributed by atoms with Crippen LogP contribution in [0.2, 0.25) is 0 Å². The molecule has 7 nitrogen and oxygen atoms in total. The lowest BCUT2D eigenvalue weighted by Crippen LogP contribution is -2.49. The van der Waals surface area contributed by atoms with Gasteiger partial charge in [0.1, 0.15) is 5.75 Å². The molecule has 0 bridgehead atoms. The maximum Gasteiger partial charge on any atom is 0.260 e. The number of anilines is 1. The maximum atomic E-state index is 12.7. The molecule has 0 aliphatic carbocycles. The third kappa shape index (κ3) is 7.08. The fourth-order valence-corrected chi connectivity index (χ4v) is 5.09. The third-order valence-electron chi connectivity index (χ3n) is 6.31. The zero-order valence-corrected chi connectivity index (χ0v) is 21.7. The second-order valence-electron chi connectivity index (χ2n) is 9.18. The van der Waals surface area contributed by atoms with Crippen molar-refractivity contribution in [3.63, 3.8) is 0 Å². The molecule has 0 saturated carbocycles. The Morgan fingerprint density at radius 1 is 0.861 bits per heavy atom. The van der Waals surface area contributed by atoms with Crippen molar-refractivity contribution < 1.29 is 17.9 Å². The number of aryl methyl sites for hydroxylation is 1. The van der Waals surface area contributed by atoms with Crippen molar-refractivity contribution in [1.82, 2.24) is 9.80 Å². The summed E-state index contributed by atoms with van der Waals surface area (Å²) < 4.78 is 32.0. The molecule has 3 aromatic carbocycles. The minimum atomic E-state index is -3.48. The number of amides is 1. The van der Waals surface area contributed by atoms with Crippen molar-refractivity contribution in [2.75, 3.05) is 43.3 Å². The Labute approximate surface area is 214 Å². The first kappa shape index (κ1) is 25.7. The number of hydrogen-bond acceptors (Lipinski definition) is 5. The summed E-state index contributed by atoms with van der Waals surface area (Å²) in [6.07, 6.45) is 1.20. The molecule has 1 saturated heterocycles. The van der Waals surface area contributed by atoms with Crippen molar-refractivity contribution in [3.8, 4) is 5.75 Å². The molecule has 0 N–H and O–H groups in total.